The molecule has 0 unspecified atom stereocenters. The number of nitrogen functional groups attached to an aromatic ring is 1. The van der Waals surface area contributed by atoms with Crippen molar-refractivity contribution in [3.8, 4) is 0 Å². The monoisotopic (exact) mass is 234 g/mol. The summed E-state index contributed by atoms with van der Waals surface area (Å²) in [5.74, 6) is 0. The third-order valence-corrected chi connectivity index (χ3v) is 3.37. The minimum atomic E-state index is 0.433. The highest BCUT2D eigenvalue weighted by Crippen LogP contribution is 2.27. The average Bonchev–Trinajstić information content (AvgIpc) is 2.34. The van der Waals surface area contributed by atoms with E-state index in [1.54, 1.807) is 0 Å². The Morgan fingerprint density at radius 3 is 2.71 bits per heavy atom. The van der Waals surface area contributed by atoms with Gasteiger partial charge in [0, 0.05) is 19.7 Å². The van der Waals surface area contributed by atoms with Gasteiger partial charge in [0.25, 0.3) is 0 Å². The molecule has 0 aliphatic carbocycles. The SMILES string of the molecule is CCOC1CCN(c2cc(C)ccc2N)CC1. The van der Waals surface area contributed by atoms with Crippen molar-refractivity contribution >= 4 is 11.4 Å². The van der Waals surface area contributed by atoms with Gasteiger partial charge in [0.05, 0.1) is 17.5 Å². The Bertz CT molecular complexity index is 370. The molecule has 17 heavy (non-hydrogen) atoms. The van der Waals surface area contributed by atoms with E-state index >= 15 is 0 Å². The zero-order valence-electron chi connectivity index (χ0n) is 10.8. The van der Waals surface area contributed by atoms with Gasteiger partial charge in [-0.05, 0) is 44.4 Å². The number of hydrogen-bond donors (Lipinski definition) is 1. The summed E-state index contributed by atoms with van der Waals surface area (Å²) in [6, 6.07) is 6.24. The third-order valence-electron chi connectivity index (χ3n) is 3.37. The summed E-state index contributed by atoms with van der Waals surface area (Å²) in [5.41, 5.74) is 9.37. The zero-order chi connectivity index (χ0) is 12.3. The second-order valence-corrected chi connectivity index (χ2v) is 4.70. The van der Waals surface area contributed by atoms with Crippen LogP contribution in [0.15, 0.2) is 18.2 Å². The smallest absolute Gasteiger partial charge is 0.0608 e. The van der Waals surface area contributed by atoms with E-state index in [2.05, 4.69) is 30.9 Å². The van der Waals surface area contributed by atoms with Crippen molar-refractivity contribution in [3.63, 3.8) is 0 Å². The van der Waals surface area contributed by atoms with Crippen LogP contribution >= 0.6 is 0 Å². The summed E-state index contributed by atoms with van der Waals surface area (Å²) >= 11 is 0. The molecule has 3 heteroatoms. The molecule has 1 aliphatic rings. The van der Waals surface area contributed by atoms with Crippen molar-refractivity contribution in [2.75, 3.05) is 30.3 Å². The molecule has 3 nitrogen and oxygen atoms in total. The van der Waals surface area contributed by atoms with E-state index in [-0.39, 0.29) is 0 Å². The van der Waals surface area contributed by atoms with Gasteiger partial charge in [-0.2, -0.15) is 0 Å². The van der Waals surface area contributed by atoms with Crippen LogP contribution in [0.1, 0.15) is 25.3 Å². The minimum absolute atomic E-state index is 0.433. The first kappa shape index (κ1) is 12.2. The van der Waals surface area contributed by atoms with Gasteiger partial charge in [-0.25, -0.2) is 0 Å². The van der Waals surface area contributed by atoms with Crippen LogP contribution in [0, 0.1) is 6.92 Å². The van der Waals surface area contributed by atoms with Crippen LogP contribution in [0.2, 0.25) is 0 Å². The van der Waals surface area contributed by atoms with Crippen molar-refractivity contribution in [2.45, 2.75) is 32.8 Å². The summed E-state index contributed by atoms with van der Waals surface area (Å²) in [6.45, 7) is 7.06. The quantitative estimate of drug-likeness (QED) is 0.817. The molecule has 0 radical (unpaired) electrons. The highest BCUT2D eigenvalue weighted by Gasteiger charge is 2.20. The van der Waals surface area contributed by atoms with E-state index in [9.17, 15) is 0 Å². The maximum atomic E-state index is 6.04. The summed E-state index contributed by atoms with van der Waals surface area (Å²) in [6.07, 6.45) is 2.63. The Labute approximate surface area is 104 Å². The fourth-order valence-corrected chi connectivity index (χ4v) is 2.43. The van der Waals surface area contributed by atoms with E-state index in [0.29, 0.717) is 6.10 Å². The molecule has 1 aromatic carbocycles. The van der Waals surface area contributed by atoms with Crippen molar-refractivity contribution in [2.24, 2.45) is 0 Å². The van der Waals surface area contributed by atoms with E-state index < -0.39 is 0 Å². The minimum Gasteiger partial charge on any atom is -0.397 e. The number of benzene rings is 1. The fourth-order valence-electron chi connectivity index (χ4n) is 2.43. The molecular formula is C14H22N2O. The Hall–Kier alpha value is -1.22. The Morgan fingerprint density at radius 1 is 1.35 bits per heavy atom. The van der Waals surface area contributed by atoms with Gasteiger partial charge in [0.15, 0.2) is 0 Å². The molecule has 0 atom stereocenters. The van der Waals surface area contributed by atoms with Gasteiger partial charge in [-0.15, -0.1) is 0 Å². The number of nitrogens with two attached hydrogens (primary N) is 1. The summed E-state index contributed by atoms with van der Waals surface area (Å²) in [7, 11) is 0. The number of hydrogen-bond acceptors (Lipinski definition) is 3. The zero-order valence-corrected chi connectivity index (χ0v) is 10.8. The molecule has 0 bridgehead atoms. The van der Waals surface area contributed by atoms with Crippen LogP contribution < -0.4 is 10.6 Å². The van der Waals surface area contributed by atoms with Gasteiger partial charge < -0.3 is 15.4 Å². The summed E-state index contributed by atoms with van der Waals surface area (Å²) < 4.78 is 5.66. The van der Waals surface area contributed by atoms with Gasteiger partial charge in [0.1, 0.15) is 0 Å². The molecule has 0 spiro atoms. The topological polar surface area (TPSA) is 38.5 Å². The van der Waals surface area contributed by atoms with Gasteiger partial charge in [-0.1, -0.05) is 6.07 Å². The lowest BCUT2D eigenvalue weighted by Crippen LogP contribution is -2.37. The number of aryl methyl sites for hydroxylation is 1. The molecule has 1 saturated heterocycles. The maximum absolute atomic E-state index is 6.04. The van der Waals surface area contributed by atoms with E-state index in [4.69, 9.17) is 10.5 Å². The molecular weight excluding hydrogens is 212 g/mol. The Morgan fingerprint density at radius 2 is 2.06 bits per heavy atom. The van der Waals surface area contributed by atoms with Crippen LogP contribution in [0.3, 0.4) is 0 Å². The van der Waals surface area contributed by atoms with E-state index in [1.165, 1.54) is 11.3 Å². The van der Waals surface area contributed by atoms with Gasteiger partial charge in [-0.3, -0.25) is 0 Å². The largest absolute Gasteiger partial charge is 0.397 e. The van der Waals surface area contributed by atoms with Crippen LogP contribution in [-0.4, -0.2) is 25.8 Å². The first-order chi connectivity index (χ1) is 8.20. The van der Waals surface area contributed by atoms with Crippen LogP contribution in [0.25, 0.3) is 0 Å². The second-order valence-electron chi connectivity index (χ2n) is 4.70. The number of anilines is 2. The van der Waals surface area contributed by atoms with Crippen LogP contribution in [0.4, 0.5) is 11.4 Å². The summed E-state index contributed by atoms with van der Waals surface area (Å²) in [4.78, 5) is 2.37. The van der Waals surface area contributed by atoms with Gasteiger partial charge in [0.2, 0.25) is 0 Å². The van der Waals surface area contributed by atoms with Crippen molar-refractivity contribution in [3.05, 3.63) is 23.8 Å². The number of piperidine rings is 1. The standard InChI is InChI=1S/C14H22N2O/c1-3-17-12-6-8-16(9-7-12)14-10-11(2)4-5-13(14)15/h4-5,10,12H,3,6-9,15H2,1-2H3. The number of ether oxygens (including phenoxy) is 1. The predicted octanol–water partition coefficient (Wildman–Crippen LogP) is 2.58. The first-order valence-electron chi connectivity index (χ1n) is 6.43. The molecule has 1 fully saturated rings. The highest BCUT2D eigenvalue weighted by molar-refractivity contribution is 5.68. The lowest BCUT2D eigenvalue weighted by atomic mass is 10.1. The summed E-state index contributed by atoms with van der Waals surface area (Å²) in [5, 5.41) is 0. The van der Waals surface area contributed by atoms with E-state index in [0.717, 1.165) is 38.2 Å². The third kappa shape index (κ3) is 2.91. The lowest BCUT2D eigenvalue weighted by molar-refractivity contribution is 0.0459. The fraction of sp³-hybridized carbons (Fsp3) is 0.571. The molecule has 0 aromatic heterocycles. The lowest BCUT2D eigenvalue weighted by Gasteiger charge is -2.34. The highest BCUT2D eigenvalue weighted by atomic mass is 16.5. The Balaban J connectivity index is 2.02. The second kappa shape index (κ2) is 5.41. The van der Waals surface area contributed by atoms with Crippen molar-refractivity contribution in [1.82, 2.24) is 0 Å². The molecule has 2 rings (SSSR count). The molecule has 0 amide bonds. The molecule has 94 valence electrons. The number of rotatable bonds is 3. The maximum Gasteiger partial charge on any atom is 0.0608 e. The predicted molar refractivity (Wildman–Crippen MR) is 72.5 cm³/mol. The van der Waals surface area contributed by atoms with Crippen LogP contribution in [0.5, 0.6) is 0 Å². The molecule has 1 aliphatic heterocycles. The Kier molecular flexibility index (Phi) is 3.89. The number of nitrogens with zero attached hydrogens (tertiary/aromatic N) is 1. The molecule has 0 saturated carbocycles. The van der Waals surface area contributed by atoms with Crippen molar-refractivity contribution in [1.29, 1.82) is 0 Å². The molecule has 1 heterocycles. The molecule has 2 N–H and O–H groups in total. The van der Waals surface area contributed by atoms with Gasteiger partial charge >= 0.3 is 0 Å². The average molecular weight is 234 g/mol. The molecule has 1 aromatic rings. The van der Waals surface area contributed by atoms with Crippen LogP contribution in [-0.2, 0) is 4.74 Å². The first-order valence-corrected chi connectivity index (χ1v) is 6.43. The van der Waals surface area contributed by atoms with E-state index in [1.807, 2.05) is 6.07 Å². The normalized spacial score (nSPS) is 17.4. The van der Waals surface area contributed by atoms with Crippen molar-refractivity contribution < 1.29 is 4.74 Å².